The van der Waals surface area contributed by atoms with Crippen LogP contribution in [0.1, 0.15) is 6.92 Å². The predicted molar refractivity (Wildman–Crippen MR) is 52.9 cm³/mol. The first-order valence-electron chi connectivity index (χ1n) is 4.51. The summed E-state index contributed by atoms with van der Waals surface area (Å²) >= 11 is 0. The topological polar surface area (TPSA) is 37.0 Å². The summed E-state index contributed by atoms with van der Waals surface area (Å²) < 4.78 is 35.7. The molecular weight excluding hydrogens is 207 g/mol. The van der Waals surface area contributed by atoms with E-state index in [1.165, 1.54) is 6.20 Å². The molecule has 0 fully saturated rings. The van der Waals surface area contributed by atoms with Gasteiger partial charge in [0.25, 0.3) is 0 Å². The van der Waals surface area contributed by atoms with E-state index < -0.39 is 12.7 Å². The van der Waals surface area contributed by atoms with Crippen LogP contribution in [-0.2, 0) is 0 Å². The lowest BCUT2D eigenvalue weighted by Crippen LogP contribution is -2.21. The summed E-state index contributed by atoms with van der Waals surface area (Å²) in [6.07, 6.45) is -1.30. The number of rotatable bonds is 4. The molecule has 1 heterocycles. The Kier molecular flexibility index (Phi) is 3.76. The van der Waals surface area contributed by atoms with E-state index in [9.17, 15) is 13.2 Å². The van der Waals surface area contributed by atoms with Crippen molar-refractivity contribution in [3.8, 4) is 0 Å². The van der Waals surface area contributed by atoms with Gasteiger partial charge in [-0.15, -0.1) is 0 Å². The Morgan fingerprint density at radius 3 is 2.33 bits per heavy atom. The highest BCUT2D eigenvalue weighted by Gasteiger charge is 2.26. The quantitative estimate of drug-likeness (QED) is 0.816. The van der Waals surface area contributed by atoms with Gasteiger partial charge in [0.1, 0.15) is 6.54 Å². The summed E-state index contributed by atoms with van der Waals surface area (Å²) in [5, 5.41) is 5.22. The van der Waals surface area contributed by atoms with Crippen LogP contribution in [0, 0.1) is 0 Å². The van der Waals surface area contributed by atoms with Crippen LogP contribution >= 0.6 is 0 Å². The average molecular weight is 219 g/mol. The molecule has 0 amide bonds. The second kappa shape index (κ2) is 4.86. The molecule has 0 spiro atoms. The largest absolute Gasteiger partial charge is 0.405 e. The Morgan fingerprint density at radius 1 is 1.20 bits per heavy atom. The van der Waals surface area contributed by atoms with Crippen molar-refractivity contribution in [2.24, 2.45) is 0 Å². The van der Waals surface area contributed by atoms with Crippen LogP contribution in [0.2, 0.25) is 0 Å². The number of nitrogens with one attached hydrogen (secondary N) is 2. The minimum atomic E-state index is -4.21. The van der Waals surface area contributed by atoms with Crippen LogP contribution in [0.25, 0.3) is 0 Å². The minimum Gasteiger partial charge on any atom is -0.384 e. The molecule has 0 aromatic carbocycles. The van der Waals surface area contributed by atoms with Crippen molar-refractivity contribution >= 4 is 11.4 Å². The third-order valence-corrected chi connectivity index (χ3v) is 1.61. The number of pyridine rings is 1. The van der Waals surface area contributed by atoms with E-state index in [1.807, 2.05) is 6.92 Å². The van der Waals surface area contributed by atoms with Crippen molar-refractivity contribution in [3.63, 3.8) is 0 Å². The lowest BCUT2D eigenvalue weighted by atomic mass is 10.3. The normalized spacial score (nSPS) is 11.2. The van der Waals surface area contributed by atoms with E-state index in [0.717, 1.165) is 0 Å². The molecule has 1 rings (SSSR count). The first kappa shape index (κ1) is 11.6. The van der Waals surface area contributed by atoms with Gasteiger partial charge in [0, 0.05) is 6.54 Å². The van der Waals surface area contributed by atoms with Crippen LogP contribution in [-0.4, -0.2) is 24.2 Å². The molecular formula is C9H12F3N3. The Labute approximate surface area is 85.7 Å². The molecule has 0 bridgehead atoms. The number of alkyl halides is 3. The number of anilines is 2. The average Bonchev–Trinajstić information content (AvgIpc) is 2.15. The number of hydrogen-bond donors (Lipinski definition) is 2. The van der Waals surface area contributed by atoms with Gasteiger partial charge in [-0.2, -0.15) is 13.2 Å². The van der Waals surface area contributed by atoms with E-state index in [2.05, 4.69) is 15.6 Å². The SMILES string of the molecule is CCNc1cncc(NCC(F)(F)F)c1. The minimum absolute atomic E-state index is 0.353. The maximum atomic E-state index is 11.9. The van der Waals surface area contributed by atoms with Crippen molar-refractivity contribution in [3.05, 3.63) is 18.5 Å². The van der Waals surface area contributed by atoms with Crippen LogP contribution in [0.3, 0.4) is 0 Å². The predicted octanol–water partition coefficient (Wildman–Crippen LogP) is 2.49. The number of aromatic nitrogens is 1. The molecule has 0 unspecified atom stereocenters. The van der Waals surface area contributed by atoms with Crippen molar-refractivity contribution < 1.29 is 13.2 Å². The fourth-order valence-corrected chi connectivity index (χ4v) is 1.04. The van der Waals surface area contributed by atoms with Gasteiger partial charge in [-0.05, 0) is 13.0 Å². The third kappa shape index (κ3) is 4.53. The molecule has 0 saturated heterocycles. The second-order valence-electron chi connectivity index (χ2n) is 2.96. The number of halogens is 3. The summed E-state index contributed by atoms with van der Waals surface area (Å²) in [5.41, 5.74) is 1.05. The summed E-state index contributed by atoms with van der Waals surface area (Å²) in [7, 11) is 0. The highest BCUT2D eigenvalue weighted by atomic mass is 19.4. The van der Waals surface area contributed by atoms with E-state index in [-0.39, 0.29) is 0 Å². The van der Waals surface area contributed by atoms with E-state index >= 15 is 0 Å². The zero-order valence-corrected chi connectivity index (χ0v) is 8.23. The first-order valence-corrected chi connectivity index (χ1v) is 4.51. The van der Waals surface area contributed by atoms with Gasteiger partial charge < -0.3 is 10.6 Å². The smallest absolute Gasteiger partial charge is 0.384 e. The molecule has 15 heavy (non-hydrogen) atoms. The lowest BCUT2D eigenvalue weighted by Gasteiger charge is -2.10. The zero-order chi connectivity index (χ0) is 11.3. The molecule has 6 heteroatoms. The summed E-state index contributed by atoms with van der Waals surface area (Å²) in [6.45, 7) is 1.55. The molecule has 84 valence electrons. The second-order valence-corrected chi connectivity index (χ2v) is 2.96. The van der Waals surface area contributed by atoms with Gasteiger partial charge in [0.15, 0.2) is 0 Å². The van der Waals surface area contributed by atoms with Gasteiger partial charge in [0.05, 0.1) is 23.8 Å². The summed E-state index contributed by atoms with van der Waals surface area (Å²) in [4.78, 5) is 3.81. The molecule has 3 nitrogen and oxygen atoms in total. The van der Waals surface area contributed by atoms with Crippen molar-refractivity contribution in [2.45, 2.75) is 13.1 Å². The van der Waals surface area contributed by atoms with E-state index in [4.69, 9.17) is 0 Å². The third-order valence-electron chi connectivity index (χ3n) is 1.61. The maximum Gasteiger partial charge on any atom is 0.405 e. The van der Waals surface area contributed by atoms with Crippen molar-refractivity contribution in [1.82, 2.24) is 4.98 Å². The molecule has 2 N–H and O–H groups in total. The first-order chi connectivity index (χ1) is 7.01. The van der Waals surface area contributed by atoms with Crippen molar-refractivity contribution in [2.75, 3.05) is 23.7 Å². The van der Waals surface area contributed by atoms with Gasteiger partial charge in [-0.3, -0.25) is 4.98 Å². The van der Waals surface area contributed by atoms with Crippen LogP contribution in [0.4, 0.5) is 24.5 Å². The Morgan fingerprint density at radius 2 is 1.80 bits per heavy atom. The fourth-order valence-electron chi connectivity index (χ4n) is 1.04. The monoisotopic (exact) mass is 219 g/mol. The summed E-state index contributed by atoms with van der Waals surface area (Å²) in [5.74, 6) is 0. The maximum absolute atomic E-state index is 11.9. The van der Waals surface area contributed by atoms with Gasteiger partial charge in [-0.25, -0.2) is 0 Å². The van der Waals surface area contributed by atoms with Gasteiger partial charge in [0.2, 0.25) is 0 Å². The molecule has 0 radical (unpaired) electrons. The Bertz CT molecular complexity index is 312. The molecule has 1 aromatic heterocycles. The fraction of sp³-hybridized carbons (Fsp3) is 0.444. The van der Waals surface area contributed by atoms with Crippen LogP contribution in [0.15, 0.2) is 18.5 Å². The highest BCUT2D eigenvalue weighted by molar-refractivity contribution is 5.53. The Balaban J connectivity index is 2.57. The molecule has 1 aromatic rings. The molecule has 0 atom stereocenters. The van der Waals surface area contributed by atoms with Gasteiger partial charge >= 0.3 is 6.18 Å². The molecule has 0 aliphatic carbocycles. The van der Waals surface area contributed by atoms with E-state index in [0.29, 0.717) is 17.9 Å². The Hall–Kier alpha value is -1.46. The standard InChI is InChI=1S/C9H12F3N3/c1-2-14-7-3-8(5-13-4-7)15-6-9(10,11)12/h3-5,14-15H,2,6H2,1H3. The molecule has 0 aliphatic heterocycles. The lowest BCUT2D eigenvalue weighted by molar-refractivity contribution is -0.115. The van der Waals surface area contributed by atoms with Gasteiger partial charge in [-0.1, -0.05) is 0 Å². The number of nitrogens with zero attached hydrogens (tertiary/aromatic N) is 1. The molecule has 0 saturated carbocycles. The molecule has 0 aliphatic rings. The summed E-state index contributed by atoms with van der Waals surface area (Å²) in [6, 6.07) is 1.59. The van der Waals surface area contributed by atoms with Crippen molar-refractivity contribution in [1.29, 1.82) is 0 Å². The van der Waals surface area contributed by atoms with Crippen LogP contribution < -0.4 is 10.6 Å². The van der Waals surface area contributed by atoms with Crippen LogP contribution in [0.5, 0.6) is 0 Å². The number of hydrogen-bond acceptors (Lipinski definition) is 3. The zero-order valence-electron chi connectivity index (χ0n) is 8.23. The van der Waals surface area contributed by atoms with E-state index in [1.54, 1.807) is 12.3 Å². The highest BCUT2D eigenvalue weighted by Crippen LogP contribution is 2.17.